The van der Waals surface area contributed by atoms with Gasteiger partial charge in [-0.25, -0.2) is 13.8 Å². The quantitative estimate of drug-likeness (QED) is 0.464. The Morgan fingerprint density at radius 3 is 2.45 bits per heavy atom. The SMILES string of the molecule is Cn1c(-c2ccccn2)nc(-c2ccc(C(C)(C)O)nc2)c1Sc1ccc(F)cc1F. The zero-order valence-electron chi connectivity index (χ0n) is 17.2. The fourth-order valence-electron chi connectivity index (χ4n) is 3.07. The van der Waals surface area contributed by atoms with E-state index < -0.39 is 17.2 Å². The van der Waals surface area contributed by atoms with Crippen LogP contribution in [0.3, 0.4) is 0 Å². The molecule has 4 aromatic rings. The maximum absolute atomic E-state index is 14.4. The molecule has 0 aliphatic rings. The van der Waals surface area contributed by atoms with Crippen molar-refractivity contribution < 1.29 is 13.9 Å². The molecule has 0 unspecified atom stereocenters. The van der Waals surface area contributed by atoms with Gasteiger partial charge < -0.3 is 9.67 Å². The number of rotatable bonds is 5. The molecule has 1 N–H and O–H groups in total. The molecule has 0 saturated carbocycles. The van der Waals surface area contributed by atoms with E-state index >= 15 is 0 Å². The number of nitrogens with zero attached hydrogens (tertiary/aromatic N) is 4. The van der Waals surface area contributed by atoms with Crippen LogP contribution in [0.4, 0.5) is 8.78 Å². The van der Waals surface area contributed by atoms with Gasteiger partial charge in [0.25, 0.3) is 0 Å². The number of aliphatic hydroxyl groups is 1. The highest BCUT2D eigenvalue weighted by Gasteiger charge is 2.22. The van der Waals surface area contributed by atoms with Crippen LogP contribution in [0.2, 0.25) is 0 Å². The number of hydrogen-bond acceptors (Lipinski definition) is 5. The number of pyridine rings is 2. The molecule has 0 aliphatic carbocycles. The first-order valence-corrected chi connectivity index (χ1v) is 10.4. The lowest BCUT2D eigenvalue weighted by molar-refractivity contribution is 0.0739. The molecule has 5 nitrogen and oxygen atoms in total. The lowest BCUT2D eigenvalue weighted by atomic mass is 10.0. The molecule has 0 atom stereocenters. The number of imidazole rings is 1. The van der Waals surface area contributed by atoms with E-state index in [1.807, 2.05) is 35.9 Å². The lowest BCUT2D eigenvalue weighted by Gasteiger charge is -2.16. The van der Waals surface area contributed by atoms with Crippen LogP contribution in [0.15, 0.2) is 70.8 Å². The van der Waals surface area contributed by atoms with Gasteiger partial charge in [0.15, 0.2) is 5.82 Å². The van der Waals surface area contributed by atoms with Gasteiger partial charge in [-0.2, -0.15) is 0 Å². The maximum Gasteiger partial charge on any atom is 0.159 e. The van der Waals surface area contributed by atoms with Crippen molar-refractivity contribution in [2.24, 2.45) is 7.05 Å². The van der Waals surface area contributed by atoms with Crippen LogP contribution in [0, 0.1) is 11.6 Å². The molecule has 31 heavy (non-hydrogen) atoms. The van der Waals surface area contributed by atoms with Crippen LogP contribution < -0.4 is 0 Å². The van der Waals surface area contributed by atoms with E-state index in [1.165, 1.54) is 12.1 Å². The zero-order chi connectivity index (χ0) is 22.2. The van der Waals surface area contributed by atoms with Gasteiger partial charge in [0.2, 0.25) is 0 Å². The van der Waals surface area contributed by atoms with Crippen molar-refractivity contribution in [2.75, 3.05) is 0 Å². The summed E-state index contributed by atoms with van der Waals surface area (Å²) in [5, 5.41) is 10.8. The Bertz CT molecular complexity index is 1220. The van der Waals surface area contributed by atoms with E-state index in [9.17, 15) is 13.9 Å². The molecule has 0 radical (unpaired) electrons. The molecule has 4 rings (SSSR count). The summed E-state index contributed by atoms with van der Waals surface area (Å²) < 4.78 is 29.6. The van der Waals surface area contributed by atoms with Gasteiger partial charge in [-0.3, -0.25) is 9.97 Å². The van der Waals surface area contributed by atoms with E-state index in [4.69, 9.17) is 4.98 Å². The Balaban J connectivity index is 1.85. The average molecular weight is 439 g/mol. The molecular weight excluding hydrogens is 418 g/mol. The summed E-state index contributed by atoms with van der Waals surface area (Å²) in [4.78, 5) is 13.8. The number of hydrogen-bond donors (Lipinski definition) is 1. The Morgan fingerprint density at radius 1 is 1.03 bits per heavy atom. The highest BCUT2D eigenvalue weighted by Crippen LogP contribution is 2.39. The third-order valence-electron chi connectivity index (χ3n) is 4.70. The number of halogens is 2. The first-order chi connectivity index (χ1) is 14.7. The second kappa shape index (κ2) is 8.20. The summed E-state index contributed by atoms with van der Waals surface area (Å²) >= 11 is 1.15. The molecule has 1 aromatic carbocycles. The largest absolute Gasteiger partial charge is 0.384 e. The molecule has 0 aliphatic heterocycles. The second-order valence-corrected chi connectivity index (χ2v) is 8.56. The predicted molar refractivity (Wildman–Crippen MR) is 115 cm³/mol. The van der Waals surface area contributed by atoms with Gasteiger partial charge in [-0.15, -0.1) is 0 Å². The van der Waals surface area contributed by atoms with Gasteiger partial charge in [0, 0.05) is 36.0 Å². The van der Waals surface area contributed by atoms with Gasteiger partial charge in [0.05, 0.1) is 5.69 Å². The van der Waals surface area contributed by atoms with Gasteiger partial charge in [-0.05, 0) is 50.2 Å². The maximum atomic E-state index is 14.4. The lowest BCUT2D eigenvalue weighted by Crippen LogP contribution is -2.17. The van der Waals surface area contributed by atoms with Crippen molar-refractivity contribution in [3.63, 3.8) is 0 Å². The summed E-state index contributed by atoms with van der Waals surface area (Å²) in [6, 6.07) is 12.6. The predicted octanol–water partition coefficient (Wildman–Crippen LogP) is 5.20. The molecule has 0 fully saturated rings. The monoisotopic (exact) mass is 438 g/mol. The van der Waals surface area contributed by atoms with E-state index in [1.54, 1.807) is 32.3 Å². The van der Waals surface area contributed by atoms with Crippen LogP contribution >= 0.6 is 11.8 Å². The normalized spacial score (nSPS) is 11.7. The summed E-state index contributed by atoms with van der Waals surface area (Å²) in [7, 11) is 1.82. The molecule has 3 heterocycles. The highest BCUT2D eigenvalue weighted by molar-refractivity contribution is 7.99. The topological polar surface area (TPSA) is 63.8 Å². The Hall–Kier alpha value is -3.10. The number of benzene rings is 1. The van der Waals surface area contributed by atoms with E-state index in [-0.39, 0.29) is 4.90 Å². The third-order valence-corrected chi connectivity index (χ3v) is 5.91. The molecule has 0 saturated heterocycles. The minimum atomic E-state index is -1.07. The van der Waals surface area contributed by atoms with Crippen molar-refractivity contribution in [2.45, 2.75) is 29.4 Å². The Labute approximate surface area is 182 Å². The van der Waals surface area contributed by atoms with Crippen LogP contribution in [-0.4, -0.2) is 24.6 Å². The van der Waals surface area contributed by atoms with E-state index in [0.717, 1.165) is 17.8 Å². The first-order valence-electron chi connectivity index (χ1n) is 9.54. The first kappa shape index (κ1) is 21.1. The van der Waals surface area contributed by atoms with Crippen LogP contribution in [-0.2, 0) is 12.6 Å². The minimum absolute atomic E-state index is 0.277. The molecule has 0 bridgehead atoms. The van der Waals surface area contributed by atoms with Crippen LogP contribution in [0.25, 0.3) is 22.8 Å². The van der Waals surface area contributed by atoms with Crippen molar-refractivity contribution in [1.29, 1.82) is 0 Å². The van der Waals surface area contributed by atoms with Crippen LogP contribution in [0.5, 0.6) is 0 Å². The molecule has 158 valence electrons. The highest BCUT2D eigenvalue weighted by atomic mass is 32.2. The van der Waals surface area contributed by atoms with Crippen LogP contribution in [0.1, 0.15) is 19.5 Å². The van der Waals surface area contributed by atoms with Gasteiger partial charge in [0.1, 0.15) is 33.6 Å². The molecule has 3 aromatic heterocycles. The molecule has 0 spiro atoms. The van der Waals surface area contributed by atoms with Crippen molar-refractivity contribution in [3.05, 3.63) is 78.3 Å². The van der Waals surface area contributed by atoms with Gasteiger partial charge in [-0.1, -0.05) is 17.8 Å². The summed E-state index contributed by atoms with van der Waals surface area (Å²) in [6.07, 6.45) is 3.30. The van der Waals surface area contributed by atoms with Gasteiger partial charge >= 0.3 is 0 Å². The Morgan fingerprint density at radius 2 is 1.84 bits per heavy atom. The average Bonchev–Trinajstić information content (AvgIpc) is 3.06. The van der Waals surface area contributed by atoms with Crippen molar-refractivity contribution >= 4 is 11.8 Å². The molecular formula is C23H20F2N4OS. The zero-order valence-corrected chi connectivity index (χ0v) is 18.0. The smallest absolute Gasteiger partial charge is 0.159 e. The van der Waals surface area contributed by atoms with E-state index in [2.05, 4.69) is 9.97 Å². The number of aromatic nitrogens is 4. The third kappa shape index (κ3) is 4.35. The summed E-state index contributed by atoms with van der Waals surface area (Å²) in [6.45, 7) is 3.32. The second-order valence-electron chi connectivity index (χ2n) is 7.53. The molecule has 8 heteroatoms. The van der Waals surface area contributed by atoms with Crippen molar-refractivity contribution in [1.82, 2.24) is 19.5 Å². The van der Waals surface area contributed by atoms with E-state index in [0.29, 0.717) is 33.5 Å². The molecule has 0 amide bonds. The summed E-state index contributed by atoms with van der Waals surface area (Å²) in [5.41, 5.74) is 1.41. The Kier molecular flexibility index (Phi) is 5.60. The fraction of sp³-hybridized carbons (Fsp3) is 0.174. The van der Waals surface area contributed by atoms with Crippen molar-refractivity contribution in [3.8, 4) is 22.8 Å². The fourth-order valence-corrected chi connectivity index (χ4v) is 4.06. The minimum Gasteiger partial charge on any atom is -0.384 e. The standard InChI is InChI=1S/C23H20F2N4OS/c1-23(2,30)19-10-7-14(13-27-19)20-22(31-18-9-8-15(24)12-16(18)25)29(3)21(28-20)17-6-4-5-11-26-17/h4-13,30H,1-3H3. The summed E-state index contributed by atoms with van der Waals surface area (Å²) in [5.74, 6) is -0.674.